The Kier molecular flexibility index (Phi) is 1.49. The van der Waals surface area contributed by atoms with Crippen LogP contribution in [-0.2, 0) is 0 Å². The Morgan fingerprint density at radius 3 is 2.40 bits per heavy atom. The Morgan fingerprint density at radius 1 is 1.60 bits per heavy atom. The lowest BCUT2D eigenvalue weighted by molar-refractivity contribution is 0.0694. The summed E-state index contributed by atoms with van der Waals surface area (Å²) in [7, 11) is 0. The zero-order valence-corrected chi connectivity index (χ0v) is 5.76. The van der Waals surface area contributed by atoms with E-state index in [9.17, 15) is 4.79 Å². The van der Waals surface area contributed by atoms with Crippen molar-refractivity contribution < 1.29 is 14.3 Å². The van der Waals surface area contributed by atoms with Gasteiger partial charge in [-0.2, -0.15) is 0 Å². The maximum absolute atomic E-state index is 10.4. The second-order valence-corrected chi connectivity index (χ2v) is 2.07. The van der Waals surface area contributed by atoms with Gasteiger partial charge in [-0.1, -0.05) is 0 Å². The molecule has 0 saturated heterocycles. The summed E-state index contributed by atoms with van der Waals surface area (Å²) in [6.45, 7) is 3.26. The van der Waals surface area contributed by atoms with Gasteiger partial charge >= 0.3 is 5.97 Å². The Morgan fingerprint density at radius 2 is 2.20 bits per heavy atom. The van der Waals surface area contributed by atoms with Crippen LogP contribution in [0.3, 0.4) is 0 Å². The Balaban J connectivity index is 3.23. The summed E-state index contributed by atoms with van der Waals surface area (Å²) >= 11 is 0. The van der Waals surface area contributed by atoms with Gasteiger partial charge in [0.2, 0.25) is 0 Å². The van der Waals surface area contributed by atoms with Crippen molar-refractivity contribution in [2.75, 3.05) is 0 Å². The van der Waals surface area contributed by atoms with Crippen LogP contribution in [0.25, 0.3) is 0 Å². The van der Waals surface area contributed by atoms with Gasteiger partial charge in [-0.25, -0.2) is 4.79 Å². The van der Waals surface area contributed by atoms with Crippen molar-refractivity contribution in [1.82, 2.24) is 0 Å². The minimum atomic E-state index is -0.958. The van der Waals surface area contributed by atoms with E-state index in [0.29, 0.717) is 11.3 Å². The molecule has 0 aromatic carbocycles. The van der Waals surface area contributed by atoms with Crippen molar-refractivity contribution >= 4 is 5.97 Å². The fraction of sp³-hybridized carbons (Fsp3) is 0.286. The van der Waals surface area contributed by atoms with Crippen molar-refractivity contribution in [3.63, 3.8) is 0 Å². The van der Waals surface area contributed by atoms with Crippen LogP contribution in [-0.4, -0.2) is 11.1 Å². The molecule has 0 bridgehead atoms. The quantitative estimate of drug-likeness (QED) is 0.639. The van der Waals surface area contributed by atoms with E-state index in [-0.39, 0.29) is 5.56 Å². The summed E-state index contributed by atoms with van der Waals surface area (Å²) in [4.78, 5) is 10.4. The number of hydrogen-bond acceptors (Lipinski definition) is 2. The molecule has 0 atom stereocenters. The van der Waals surface area contributed by atoms with E-state index in [4.69, 9.17) is 9.52 Å². The molecule has 1 aromatic rings. The lowest BCUT2D eigenvalue weighted by Crippen LogP contribution is -1.97. The van der Waals surface area contributed by atoms with Crippen LogP contribution in [0.15, 0.2) is 4.42 Å². The topological polar surface area (TPSA) is 50.4 Å². The first kappa shape index (κ1) is 6.86. The highest BCUT2D eigenvalue weighted by Gasteiger charge is 2.13. The number of carboxylic acids is 1. The highest BCUT2D eigenvalue weighted by atomic mass is 16.4. The number of aromatic carboxylic acids is 1. The fourth-order valence-corrected chi connectivity index (χ4v) is 0.830. The van der Waals surface area contributed by atoms with Gasteiger partial charge in [0.1, 0.15) is 11.3 Å². The molecule has 1 N–H and O–H groups in total. The van der Waals surface area contributed by atoms with Gasteiger partial charge in [-0.3, -0.25) is 0 Å². The van der Waals surface area contributed by atoms with E-state index < -0.39 is 5.97 Å². The lowest BCUT2D eigenvalue weighted by atomic mass is 10.2. The number of furan rings is 1. The molecule has 0 aliphatic heterocycles. The molecule has 0 fully saturated rings. The van der Waals surface area contributed by atoms with E-state index in [1.54, 1.807) is 13.8 Å². The molecule has 1 aromatic heterocycles. The highest BCUT2D eigenvalue weighted by molar-refractivity contribution is 5.90. The van der Waals surface area contributed by atoms with E-state index in [1.807, 2.05) is 0 Å². The molecule has 3 heteroatoms. The second-order valence-electron chi connectivity index (χ2n) is 2.07. The zero-order valence-electron chi connectivity index (χ0n) is 5.76. The molecule has 0 saturated carbocycles. The Hall–Kier alpha value is -1.25. The van der Waals surface area contributed by atoms with Gasteiger partial charge in [0.15, 0.2) is 6.26 Å². The molecule has 3 nitrogen and oxygen atoms in total. The average Bonchev–Trinajstić information content (AvgIpc) is 2.11. The van der Waals surface area contributed by atoms with Crippen LogP contribution in [0.2, 0.25) is 0 Å². The molecule has 10 heavy (non-hydrogen) atoms. The van der Waals surface area contributed by atoms with Gasteiger partial charge in [-0.15, -0.1) is 0 Å². The second kappa shape index (κ2) is 2.17. The minimum absolute atomic E-state index is 0.222. The average molecular weight is 139 g/mol. The summed E-state index contributed by atoms with van der Waals surface area (Å²) in [5.74, 6) is -0.551. The first-order valence-electron chi connectivity index (χ1n) is 2.84. The van der Waals surface area contributed by atoms with Gasteiger partial charge in [0.25, 0.3) is 0 Å². The summed E-state index contributed by atoms with van der Waals surface area (Å²) < 4.78 is 4.75. The number of aryl methyl sites for hydroxylation is 2. The van der Waals surface area contributed by atoms with Gasteiger partial charge < -0.3 is 9.52 Å². The molecule has 0 aliphatic carbocycles. The molecule has 53 valence electrons. The van der Waals surface area contributed by atoms with Crippen LogP contribution in [0.4, 0.5) is 0 Å². The number of carboxylic acid groups (broad SMARTS) is 1. The lowest BCUT2D eigenvalue weighted by Gasteiger charge is -1.89. The largest absolute Gasteiger partial charge is 0.478 e. The summed E-state index contributed by atoms with van der Waals surface area (Å²) in [5.41, 5.74) is 0.769. The third kappa shape index (κ3) is 0.900. The summed E-state index contributed by atoms with van der Waals surface area (Å²) in [6.07, 6.45) is 2.46. The fourth-order valence-electron chi connectivity index (χ4n) is 0.830. The zero-order chi connectivity index (χ0) is 7.72. The summed E-state index contributed by atoms with van der Waals surface area (Å²) in [5, 5.41) is 8.56. The highest BCUT2D eigenvalue weighted by Crippen LogP contribution is 2.13. The minimum Gasteiger partial charge on any atom is -0.478 e. The molecule has 0 aliphatic rings. The van der Waals surface area contributed by atoms with Crippen molar-refractivity contribution in [2.45, 2.75) is 13.8 Å². The van der Waals surface area contributed by atoms with Gasteiger partial charge in [-0.05, 0) is 13.8 Å². The SMILES string of the molecule is Cc1[c]oc(C)c1C(=O)O. The van der Waals surface area contributed by atoms with Gasteiger partial charge in [0, 0.05) is 5.56 Å². The maximum Gasteiger partial charge on any atom is 0.339 e. The van der Waals surface area contributed by atoms with Gasteiger partial charge in [0.05, 0.1) is 0 Å². The molecule has 0 unspecified atom stereocenters. The van der Waals surface area contributed by atoms with Crippen molar-refractivity contribution in [3.8, 4) is 0 Å². The monoisotopic (exact) mass is 139 g/mol. The summed E-state index contributed by atoms with van der Waals surface area (Å²) in [6, 6.07) is 0. The number of rotatable bonds is 1. The van der Waals surface area contributed by atoms with Crippen LogP contribution in [0.1, 0.15) is 21.7 Å². The van der Waals surface area contributed by atoms with Crippen LogP contribution in [0, 0.1) is 20.1 Å². The van der Waals surface area contributed by atoms with E-state index in [2.05, 4.69) is 6.26 Å². The smallest absolute Gasteiger partial charge is 0.339 e. The maximum atomic E-state index is 10.4. The molecular weight excluding hydrogens is 132 g/mol. The Bertz CT molecular complexity index is 240. The molecule has 1 rings (SSSR count). The van der Waals surface area contributed by atoms with Crippen LogP contribution >= 0.6 is 0 Å². The third-order valence-electron chi connectivity index (χ3n) is 1.30. The van der Waals surface area contributed by atoms with Crippen molar-refractivity contribution in [2.24, 2.45) is 0 Å². The van der Waals surface area contributed by atoms with E-state index in [0.717, 1.165) is 0 Å². The molecule has 0 amide bonds. The molecule has 1 radical (unpaired) electrons. The third-order valence-corrected chi connectivity index (χ3v) is 1.30. The first-order chi connectivity index (χ1) is 4.63. The van der Waals surface area contributed by atoms with Crippen LogP contribution < -0.4 is 0 Å². The predicted molar refractivity (Wildman–Crippen MR) is 34.0 cm³/mol. The molecule has 0 spiro atoms. The van der Waals surface area contributed by atoms with Crippen molar-refractivity contribution in [1.29, 1.82) is 0 Å². The van der Waals surface area contributed by atoms with Crippen molar-refractivity contribution in [3.05, 3.63) is 23.2 Å². The van der Waals surface area contributed by atoms with E-state index in [1.165, 1.54) is 0 Å². The standard InChI is InChI=1S/C7H7O3/c1-4-3-10-5(2)6(4)7(8)9/h1-2H3,(H,8,9). The predicted octanol–water partition coefficient (Wildman–Crippen LogP) is 1.39. The first-order valence-corrected chi connectivity index (χ1v) is 2.84. The Labute approximate surface area is 58.3 Å². The van der Waals surface area contributed by atoms with E-state index >= 15 is 0 Å². The molecule has 1 heterocycles. The number of carbonyl (C=O) groups is 1. The normalized spacial score (nSPS) is 9.80. The molecular formula is C7H7O3. The van der Waals surface area contributed by atoms with Crippen LogP contribution in [0.5, 0.6) is 0 Å². The number of hydrogen-bond donors (Lipinski definition) is 1.